The van der Waals surface area contributed by atoms with Gasteiger partial charge in [0, 0.05) is 16.3 Å². The number of rotatable bonds is 4. The third-order valence-corrected chi connectivity index (χ3v) is 5.69. The Hall–Kier alpha value is -3.97. The molecule has 0 bridgehead atoms. The van der Waals surface area contributed by atoms with Gasteiger partial charge in [0.25, 0.3) is 5.89 Å². The van der Waals surface area contributed by atoms with E-state index in [1.165, 1.54) is 17.0 Å². The zero-order valence-corrected chi connectivity index (χ0v) is 18.3. The molecule has 33 heavy (non-hydrogen) atoms. The highest BCUT2D eigenvalue weighted by molar-refractivity contribution is 6.30. The van der Waals surface area contributed by atoms with E-state index in [-0.39, 0.29) is 11.9 Å². The topological polar surface area (TPSA) is 71.3 Å². The fraction of sp³-hybridized carbons (Fsp3) is 0.0800. The summed E-state index contributed by atoms with van der Waals surface area (Å²) < 4.78 is 19.7. The van der Waals surface area contributed by atoms with Crippen LogP contribution < -0.4 is 10.2 Å². The molecule has 2 amide bonds. The van der Waals surface area contributed by atoms with E-state index < -0.39 is 11.9 Å². The number of carbonyl (C=O) groups is 1. The van der Waals surface area contributed by atoms with Crippen LogP contribution in [0, 0.1) is 5.82 Å². The Balaban J connectivity index is 1.66. The van der Waals surface area contributed by atoms with Gasteiger partial charge in [0.2, 0.25) is 5.82 Å². The number of halogens is 2. The van der Waals surface area contributed by atoms with E-state index in [1.54, 1.807) is 43.3 Å². The van der Waals surface area contributed by atoms with Gasteiger partial charge in [-0.05, 0) is 61.0 Å². The molecule has 6 nitrogen and oxygen atoms in total. The summed E-state index contributed by atoms with van der Waals surface area (Å²) in [6, 6.07) is 21.4. The van der Waals surface area contributed by atoms with Gasteiger partial charge in [-0.15, -0.1) is 0 Å². The molecule has 0 radical (unpaired) electrons. The largest absolute Gasteiger partial charge is 0.334 e. The predicted molar refractivity (Wildman–Crippen MR) is 124 cm³/mol. The Kier molecular flexibility index (Phi) is 5.40. The molecule has 2 heterocycles. The normalized spacial score (nSPS) is 16.2. The van der Waals surface area contributed by atoms with Crippen molar-refractivity contribution >= 4 is 28.9 Å². The maximum absolute atomic E-state index is 14.0. The molecule has 1 N–H and O–H groups in total. The lowest BCUT2D eigenvalue weighted by Gasteiger charge is -2.35. The van der Waals surface area contributed by atoms with Crippen LogP contribution in [-0.4, -0.2) is 16.2 Å². The number of anilines is 1. The standard InChI is InChI=1S/C25H18ClFN4O2/c1-15-21(24-29-23(30-33-24)16-10-12-18(26)13-11-16)22(17-6-5-7-19(27)14-17)28-25(32)31(15)20-8-3-2-4-9-20/h2-14,22H,1H3,(H,28,32). The Bertz CT molecular complexity index is 1350. The lowest BCUT2D eigenvalue weighted by molar-refractivity contribution is 0.244. The highest BCUT2D eigenvalue weighted by Gasteiger charge is 2.36. The molecule has 1 aliphatic heterocycles. The van der Waals surface area contributed by atoms with Crippen LogP contribution in [0.3, 0.4) is 0 Å². The molecule has 0 saturated heterocycles. The number of hydrogen-bond donors (Lipinski definition) is 1. The molecule has 1 unspecified atom stereocenters. The van der Waals surface area contributed by atoms with Crippen molar-refractivity contribution in [2.45, 2.75) is 13.0 Å². The average molecular weight is 461 g/mol. The molecule has 0 fully saturated rings. The molecule has 3 aromatic carbocycles. The van der Waals surface area contributed by atoms with Gasteiger partial charge in [-0.25, -0.2) is 9.18 Å². The summed E-state index contributed by atoms with van der Waals surface area (Å²) in [5.41, 5.74) is 3.16. The van der Waals surface area contributed by atoms with Gasteiger partial charge in [-0.1, -0.05) is 47.1 Å². The van der Waals surface area contributed by atoms with Gasteiger partial charge in [-0.3, -0.25) is 4.90 Å². The number of nitrogens with zero attached hydrogens (tertiary/aromatic N) is 3. The molecule has 1 atom stereocenters. The van der Waals surface area contributed by atoms with Gasteiger partial charge in [-0.2, -0.15) is 4.98 Å². The maximum atomic E-state index is 14.0. The van der Waals surface area contributed by atoms with Crippen LogP contribution in [0.15, 0.2) is 89.1 Å². The molecule has 0 saturated carbocycles. The monoisotopic (exact) mass is 460 g/mol. The summed E-state index contributed by atoms with van der Waals surface area (Å²) in [5.74, 6) is 0.201. The lowest BCUT2D eigenvalue weighted by atomic mass is 9.94. The number of amides is 2. The van der Waals surface area contributed by atoms with Crippen LogP contribution in [0.5, 0.6) is 0 Å². The fourth-order valence-electron chi connectivity index (χ4n) is 3.89. The second-order valence-electron chi connectivity index (χ2n) is 7.54. The molecule has 1 aromatic heterocycles. The van der Waals surface area contributed by atoms with Gasteiger partial charge in [0.05, 0.1) is 17.3 Å². The minimum Gasteiger partial charge on any atom is -0.334 e. The van der Waals surface area contributed by atoms with Crippen molar-refractivity contribution in [3.8, 4) is 11.4 Å². The summed E-state index contributed by atoms with van der Waals surface area (Å²) in [7, 11) is 0. The van der Waals surface area contributed by atoms with Crippen LogP contribution in [-0.2, 0) is 0 Å². The summed E-state index contributed by atoms with van der Waals surface area (Å²) in [4.78, 5) is 19.2. The third kappa shape index (κ3) is 3.99. The van der Waals surface area contributed by atoms with Crippen molar-refractivity contribution in [3.05, 3.63) is 107 Å². The highest BCUT2D eigenvalue weighted by atomic mass is 35.5. The Morgan fingerprint density at radius 2 is 1.79 bits per heavy atom. The minimum absolute atomic E-state index is 0.229. The maximum Gasteiger partial charge on any atom is 0.326 e. The van der Waals surface area contributed by atoms with Gasteiger partial charge in [0.1, 0.15) is 5.82 Å². The number of nitrogens with one attached hydrogen (secondary N) is 1. The highest BCUT2D eigenvalue weighted by Crippen LogP contribution is 2.39. The predicted octanol–water partition coefficient (Wildman–Crippen LogP) is 6.23. The van der Waals surface area contributed by atoms with Crippen molar-refractivity contribution in [1.29, 1.82) is 0 Å². The zero-order valence-electron chi connectivity index (χ0n) is 17.5. The molecule has 164 valence electrons. The molecular weight excluding hydrogens is 443 g/mol. The van der Waals surface area contributed by atoms with Crippen molar-refractivity contribution in [1.82, 2.24) is 15.5 Å². The number of urea groups is 1. The van der Waals surface area contributed by atoms with E-state index >= 15 is 0 Å². The second kappa shape index (κ2) is 8.52. The second-order valence-corrected chi connectivity index (χ2v) is 7.97. The van der Waals surface area contributed by atoms with Crippen molar-refractivity contribution < 1.29 is 13.7 Å². The van der Waals surface area contributed by atoms with Gasteiger partial charge >= 0.3 is 6.03 Å². The number of aromatic nitrogens is 2. The van der Waals surface area contributed by atoms with Gasteiger partial charge < -0.3 is 9.84 Å². The molecule has 5 rings (SSSR count). The molecule has 0 aliphatic carbocycles. The zero-order chi connectivity index (χ0) is 22.9. The Labute approximate surface area is 194 Å². The number of allylic oxidation sites excluding steroid dienone is 1. The average Bonchev–Trinajstić information content (AvgIpc) is 3.29. The smallest absolute Gasteiger partial charge is 0.326 e. The van der Waals surface area contributed by atoms with Crippen LogP contribution in [0.4, 0.5) is 14.9 Å². The minimum atomic E-state index is -0.674. The van der Waals surface area contributed by atoms with Crippen LogP contribution in [0.2, 0.25) is 5.02 Å². The van der Waals surface area contributed by atoms with E-state index in [2.05, 4.69) is 15.5 Å². The van der Waals surface area contributed by atoms with Crippen molar-refractivity contribution in [3.63, 3.8) is 0 Å². The van der Waals surface area contributed by atoms with Crippen molar-refractivity contribution in [2.75, 3.05) is 4.90 Å². The van der Waals surface area contributed by atoms with Crippen molar-refractivity contribution in [2.24, 2.45) is 0 Å². The summed E-state index contributed by atoms with van der Waals surface area (Å²) in [5, 5.41) is 7.68. The number of para-hydroxylation sites is 1. The summed E-state index contributed by atoms with van der Waals surface area (Å²) in [6.45, 7) is 1.81. The van der Waals surface area contributed by atoms with E-state index in [0.717, 1.165) is 5.56 Å². The summed E-state index contributed by atoms with van der Waals surface area (Å²) >= 11 is 5.98. The number of benzene rings is 3. The lowest BCUT2D eigenvalue weighted by Crippen LogP contribution is -2.46. The number of carbonyl (C=O) groups excluding carboxylic acids is 1. The third-order valence-electron chi connectivity index (χ3n) is 5.44. The fourth-order valence-corrected chi connectivity index (χ4v) is 4.02. The molecule has 8 heteroatoms. The first-order valence-electron chi connectivity index (χ1n) is 10.2. The SMILES string of the molecule is CC1=C(c2nc(-c3ccc(Cl)cc3)no2)C(c2cccc(F)c2)NC(=O)N1c1ccccc1. The van der Waals surface area contributed by atoms with Crippen LogP contribution >= 0.6 is 11.6 Å². The van der Waals surface area contributed by atoms with E-state index in [1.807, 2.05) is 30.3 Å². The summed E-state index contributed by atoms with van der Waals surface area (Å²) in [6.07, 6.45) is 0. The quantitative estimate of drug-likeness (QED) is 0.392. The first-order valence-corrected chi connectivity index (χ1v) is 10.6. The van der Waals surface area contributed by atoms with E-state index in [4.69, 9.17) is 16.1 Å². The van der Waals surface area contributed by atoms with E-state index in [0.29, 0.717) is 33.4 Å². The Morgan fingerprint density at radius 1 is 1.03 bits per heavy atom. The molecular formula is C25H18ClFN4O2. The molecule has 4 aromatic rings. The molecule has 1 aliphatic rings. The van der Waals surface area contributed by atoms with E-state index in [9.17, 15) is 9.18 Å². The number of hydrogen-bond acceptors (Lipinski definition) is 4. The first-order chi connectivity index (χ1) is 16.0. The van der Waals surface area contributed by atoms with Crippen LogP contribution in [0.1, 0.15) is 24.4 Å². The van der Waals surface area contributed by atoms with Gasteiger partial charge in [0.15, 0.2) is 0 Å². The Morgan fingerprint density at radius 3 is 2.52 bits per heavy atom. The van der Waals surface area contributed by atoms with Crippen LogP contribution in [0.25, 0.3) is 17.0 Å². The molecule has 0 spiro atoms. The first kappa shape index (κ1) is 20.9.